The molecule has 3 aromatic rings. The third kappa shape index (κ3) is 3.43. The van der Waals surface area contributed by atoms with Gasteiger partial charge in [0, 0.05) is 11.3 Å². The Bertz CT molecular complexity index is 1130. The van der Waals surface area contributed by atoms with Crippen LogP contribution in [0.1, 0.15) is 48.9 Å². The van der Waals surface area contributed by atoms with Gasteiger partial charge in [-0.15, -0.1) is 0 Å². The lowest BCUT2D eigenvalue weighted by Gasteiger charge is -2.55. The lowest BCUT2D eigenvalue weighted by atomic mass is 9.49. The van der Waals surface area contributed by atoms with Crippen molar-refractivity contribution >= 4 is 44.2 Å². The van der Waals surface area contributed by atoms with Gasteiger partial charge in [-0.2, -0.15) is 0 Å². The predicted octanol–water partition coefficient (Wildman–Crippen LogP) is 5.70. The summed E-state index contributed by atoms with van der Waals surface area (Å²) in [7, 11) is 0. The van der Waals surface area contributed by atoms with Crippen LogP contribution in [0, 0.1) is 23.2 Å². The molecule has 1 heterocycles. The second kappa shape index (κ2) is 7.16. The summed E-state index contributed by atoms with van der Waals surface area (Å²) < 4.78 is 0.983. The van der Waals surface area contributed by atoms with Crippen LogP contribution in [-0.2, 0) is 4.79 Å². The topological polar surface area (TPSA) is 71.1 Å². The second-order valence-electron chi connectivity index (χ2n) is 9.67. The Morgan fingerprint density at radius 3 is 2.26 bits per heavy atom. The van der Waals surface area contributed by atoms with Crippen molar-refractivity contribution in [1.82, 2.24) is 4.98 Å². The molecule has 5 nitrogen and oxygen atoms in total. The van der Waals surface area contributed by atoms with E-state index in [1.165, 1.54) is 30.6 Å². The number of hydrogen-bond acceptors (Lipinski definition) is 4. The molecule has 0 spiro atoms. The molecule has 158 valence electrons. The summed E-state index contributed by atoms with van der Waals surface area (Å²) in [6.45, 7) is 0. The number of carbonyl (C=O) groups excluding carboxylic acids is 2. The second-order valence-corrected chi connectivity index (χ2v) is 10.7. The van der Waals surface area contributed by atoms with Gasteiger partial charge >= 0.3 is 0 Å². The molecule has 2 N–H and O–H groups in total. The highest BCUT2D eigenvalue weighted by Crippen LogP contribution is 2.60. The molecular formula is C25H25N3O2S. The van der Waals surface area contributed by atoms with E-state index in [0.29, 0.717) is 10.7 Å². The molecule has 4 bridgehead atoms. The molecule has 7 rings (SSSR count). The van der Waals surface area contributed by atoms with Crippen molar-refractivity contribution in [3.8, 4) is 0 Å². The van der Waals surface area contributed by atoms with Crippen molar-refractivity contribution in [2.24, 2.45) is 23.2 Å². The molecule has 2 amide bonds. The molecular weight excluding hydrogens is 406 g/mol. The van der Waals surface area contributed by atoms with E-state index in [1.54, 1.807) is 12.1 Å². The van der Waals surface area contributed by atoms with Crippen LogP contribution in [0.25, 0.3) is 10.2 Å². The molecule has 1 aromatic heterocycles. The van der Waals surface area contributed by atoms with E-state index in [2.05, 4.69) is 15.6 Å². The van der Waals surface area contributed by atoms with Crippen LogP contribution >= 0.6 is 11.3 Å². The maximum absolute atomic E-state index is 13.3. The number of thiazole rings is 1. The molecule has 4 fully saturated rings. The third-order valence-corrected chi connectivity index (χ3v) is 8.37. The molecule has 31 heavy (non-hydrogen) atoms. The van der Waals surface area contributed by atoms with Gasteiger partial charge in [-0.3, -0.25) is 14.9 Å². The highest BCUT2D eigenvalue weighted by Gasteiger charge is 2.54. The molecule has 0 saturated heterocycles. The Balaban J connectivity index is 1.19. The number of anilines is 2. The summed E-state index contributed by atoms with van der Waals surface area (Å²) in [5.41, 5.74) is 2.02. The molecule has 4 saturated carbocycles. The lowest BCUT2D eigenvalue weighted by molar-refractivity contribution is -0.140. The number of benzene rings is 2. The average Bonchev–Trinajstić information content (AvgIpc) is 3.15. The van der Waals surface area contributed by atoms with E-state index >= 15 is 0 Å². The molecule has 4 aliphatic carbocycles. The fourth-order valence-corrected chi connectivity index (χ4v) is 7.31. The number of fused-ring (bicyclic) bond motifs is 1. The van der Waals surface area contributed by atoms with Crippen molar-refractivity contribution in [2.75, 3.05) is 10.6 Å². The Morgan fingerprint density at radius 1 is 0.903 bits per heavy atom. The zero-order chi connectivity index (χ0) is 21.0. The van der Waals surface area contributed by atoms with E-state index in [9.17, 15) is 9.59 Å². The van der Waals surface area contributed by atoms with Crippen molar-refractivity contribution in [3.05, 3.63) is 54.1 Å². The quantitative estimate of drug-likeness (QED) is 0.556. The average molecular weight is 432 g/mol. The Labute approximate surface area is 185 Å². The summed E-state index contributed by atoms with van der Waals surface area (Å²) in [5, 5.41) is 6.65. The van der Waals surface area contributed by atoms with Crippen LogP contribution in [-0.4, -0.2) is 16.8 Å². The van der Waals surface area contributed by atoms with Crippen molar-refractivity contribution in [2.45, 2.75) is 38.5 Å². The third-order valence-electron chi connectivity index (χ3n) is 7.42. The van der Waals surface area contributed by atoms with E-state index in [-0.39, 0.29) is 17.2 Å². The summed E-state index contributed by atoms with van der Waals surface area (Å²) in [6, 6.07) is 15.0. The SMILES string of the molecule is O=C(Nc1nc2cc(NC(=O)C34CC5CC(CC(C5)C3)C4)ccc2s1)c1ccccc1. The maximum Gasteiger partial charge on any atom is 0.257 e. The fourth-order valence-electron chi connectivity index (χ4n) is 6.47. The van der Waals surface area contributed by atoms with Crippen LogP contribution in [0.2, 0.25) is 0 Å². The first kappa shape index (κ1) is 19.0. The number of aromatic nitrogens is 1. The first-order valence-electron chi connectivity index (χ1n) is 11.1. The summed E-state index contributed by atoms with van der Waals surface area (Å²) in [5.74, 6) is 2.25. The van der Waals surface area contributed by atoms with Gasteiger partial charge < -0.3 is 5.32 Å². The number of amides is 2. The van der Waals surface area contributed by atoms with Crippen LogP contribution < -0.4 is 10.6 Å². The molecule has 0 unspecified atom stereocenters. The van der Waals surface area contributed by atoms with Crippen LogP contribution in [0.4, 0.5) is 10.8 Å². The maximum atomic E-state index is 13.3. The first-order valence-corrected chi connectivity index (χ1v) is 12.0. The smallest absolute Gasteiger partial charge is 0.257 e. The number of nitrogens with one attached hydrogen (secondary N) is 2. The number of rotatable bonds is 4. The summed E-state index contributed by atoms with van der Waals surface area (Å²) in [6.07, 6.45) is 7.15. The number of hydrogen-bond donors (Lipinski definition) is 2. The standard InChI is InChI=1S/C25H25N3O2S/c29-22(18-4-2-1-3-5-18)28-24-27-20-11-19(6-7-21(20)31-24)26-23(30)25-12-15-8-16(13-25)10-17(9-15)14-25/h1-7,11,15-17H,8-10,12-14H2,(H,26,30)(H,27,28,29). The van der Waals surface area contributed by atoms with Gasteiger partial charge in [-0.25, -0.2) is 4.98 Å². The van der Waals surface area contributed by atoms with E-state index in [0.717, 1.165) is 52.9 Å². The van der Waals surface area contributed by atoms with Crippen LogP contribution in [0.3, 0.4) is 0 Å². The van der Waals surface area contributed by atoms with Gasteiger partial charge in [-0.1, -0.05) is 29.5 Å². The Morgan fingerprint density at radius 2 is 1.58 bits per heavy atom. The van der Waals surface area contributed by atoms with E-state index < -0.39 is 0 Å². The van der Waals surface area contributed by atoms with Gasteiger partial charge in [0.2, 0.25) is 5.91 Å². The molecule has 2 aromatic carbocycles. The molecule has 0 radical (unpaired) electrons. The minimum Gasteiger partial charge on any atom is -0.326 e. The fraction of sp³-hybridized carbons (Fsp3) is 0.400. The van der Waals surface area contributed by atoms with Gasteiger partial charge in [-0.05, 0) is 86.6 Å². The Hall–Kier alpha value is -2.73. The molecule has 0 aliphatic heterocycles. The number of nitrogens with zero attached hydrogens (tertiary/aromatic N) is 1. The van der Waals surface area contributed by atoms with E-state index in [1.807, 2.05) is 36.4 Å². The number of carbonyl (C=O) groups is 2. The molecule has 0 atom stereocenters. The van der Waals surface area contributed by atoms with Crippen LogP contribution in [0.15, 0.2) is 48.5 Å². The highest BCUT2D eigenvalue weighted by molar-refractivity contribution is 7.22. The largest absolute Gasteiger partial charge is 0.326 e. The summed E-state index contributed by atoms with van der Waals surface area (Å²) >= 11 is 1.44. The van der Waals surface area contributed by atoms with Gasteiger partial charge in [0.05, 0.1) is 15.6 Å². The van der Waals surface area contributed by atoms with Crippen LogP contribution in [0.5, 0.6) is 0 Å². The van der Waals surface area contributed by atoms with Crippen molar-refractivity contribution < 1.29 is 9.59 Å². The monoisotopic (exact) mass is 431 g/mol. The van der Waals surface area contributed by atoms with Gasteiger partial charge in [0.25, 0.3) is 5.91 Å². The lowest BCUT2D eigenvalue weighted by Crippen LogP contribution is -2.51. The molecule has 4 aliphatic rings. The zero-order valence-electron chi connectivity index (χ0n) is 17.3. The van der Waals surface area contributed by atoms with Gasteiger partial charge in [0.1, 0.15) is 0 Å². The minimum absolute atomic E-state index is 0.166. The predicted molar refractivity (Wildman–Crippen MR) is 123 cm³/mol. The highest BCUT2D eigenvalue weighted by atomic mass is 32.1. The first-order chi connectivity index (χ1) is 15.1. The summed E-state index contributed by atoms with van der Waals surface area (Å²) in [4.78, 5) is 30.3. The minimum atomic E-state index is -0.171. The van der Waals surface area contributed by atoms with E-state index in [4.69, 9.17) is 0 Å². The van der Waals surface area contributed by atoms with Crippen molar-refractivity contribution in [3.63, 3.8) is 0 Å². The van der Waals surface area contributed by atoms with Gasteiger partial charge in [0.15, 0.2) is 5.13 Å². The van der Waals surface area contributed by atoms with Crippen molar-refractivity contribution in [1.29, 1.82) is 0 Å². The zero-order valence-corrected chi connectivity index (χ0v) is 18.1. The molecule has 6 heteroatoms. The Kier molecular flexibility index (Phi) is 4.39. The normalized spacial score (nSPS) is 28.6.